The molecule has 1 aromatic carbocycles. The van der Waals surface area contributed by atoms with Gasteiger partial charge >= 0.3 is 0 Å². The van der Waals surface area contributed by atoms with Crippen LogP contribution in [0.2, 0.25) is 5.02 Å². The van der Waals surface area contributed by atoms with Crippen LogP contribution in [0.25, 0.3) is 11.3 Å². The predicted molar refractivity (Wildman–Crippen MR) is 101 cm³/mol. The minimum absolute atomic E-state index is 0.0835. The van der Waals surface area contributed by atoms with Gasteiger partial charge in [0, 0.05) is 43.9 Å². The van der Waals surface area contributed by atoms with Crippen molar-refractivity contribution in [3.05, 3.63) is 34.9 Å². The number of hydrogen-bond donors (Lipinski definition) is 2. The summed E-state index contributed by atoms with van der Waals surface area (Å²) in [4.78, 5) is 15.1. The van der Waals surface area contributed by atoms with E-state index in [-0.39, 0.29) is 5.91 Å². The van der Waals surface area contributed by atoms with Crippen LogP contribution in [-0.2, 0) is 4.74 Å². The lowest BCUT2D eigenvalue weighted by Crippen LogP contribution is -2.34. The molecule has 1 aromatic heterocycles. The van der Waals surface area contributed by atoms with Gasteiger partial charge in [0.2, 0.25) is 0 Å². The van der Waals surface area contributed by atoms with Crippen LogP contribution in [0.1, 0.15) is 16.8 Å². The SMILES string of the molecule is COCCNc1noc(-c2ccc(Cl)cc2)c1C(=O)N1CCCNCC1. The first-order valence-corrected chi connectivity index (χ1v) is 9.07. The molecule has 7 nitrogen and oxygen atoms in total. The summed E-state index contributed by atoms with van der Waals surface area (Å²) in [6.45, 7) is 4.08. The number of carbonyl (C=O) groups excluding carboxylic acids is 1. The normalized spacial score (nSPS) is 14.9. The number of benzene rings is 1. The third-order valence-corrected chi connectivity index (χ3v) is 4.49. The molecule has 1 saturated heterocycles. The number of rotatable bonds is 6. The molecule has 2 N–H and O–H groups in total. The smallest absolute Gasteiger partial charge is 0.261 e. The van der Waals surface area contributed by atoms with E-state index < -0.39 is 0 Å². The Bertz CT molecular complexity index is 725. The van der Waals surface area contributed by atoms with Crippen LogP contribution in [0.4, 0.5) is 5.82 Å². The van der Waals surface area contributed by atoms with Gasteiger partial charge in [-0.1, -0.05) is 16.8 Å². The molecule has 140 valence electrons. The minimum atomic E-state index is -0.0835. The van der Waals surface area contributed by atoms with Gasteiger partial charge in [-0.25, -0.2) is 0 Å². The van der Waals surface area contributed by atoms with Crippen molar-refractivity contribution in [1.82, 2.24) is 15.4 Å². The molecule has 0 aliphatic carbocycles. The highest BCUT2D eigenvalue weighted by atomic mass is 35.5. The minimum Gasteiger partial charge on any atom is -0.383 e. The van der Waals surface area contributed by atoms with Gasteiger partial charge in [-0.2, -0.15) is 0 Å². The molecule has 3 rings (SSSR count). The number of halogens is 1. The number of hydrogen-bond acceptors (Lipinski definition) is 6. The fourth-order valence-electron chi connectivity index (χ4n) is 2.89. The third-order valence-electron chi connectivity index (χ3n) is 4.24. The van der Waals surface area contributed by atoms with Crippen LogP contribution >= 0.6 is 11.6 Å². The lowest BCUT2D eigenvalue weighted by atomic mass is 10.1. The molecule has 1 fully saturated rings. The maximum Gasteiger partial charge on any atom is 0.261 e. The third kappa shape index (κ3) is 4.35. The lowest BCUT2D eigenvalue weighted by Gasteiger charge is -2.20. The number of methoxy groups -OCH3 is 1. The molecule has 26 heavy (non-hydrogen) atoms. The van der Waals surface area contributed by atoms with Gasteiger partial charge in [0.15, 0.2) is 11.6 Å². The number of amides is 1. The van der Waals surface area contributed by atoms with Crippen molar-refractivity contribution in [2.45, 2.75) is 6.42 Å². The molecule has 0 atom stereocenters. The standard InChI is InChI=1S/C18H23ClN4O3/c1-25-12-9-21-17-15(18(24)23-10-2-7-20-8-11-23)16(26-22-17)13-3-5-14(19)6-4-13/h3-6,20H,2,7-12H2,1H3,(H,21,22). The van der Waals surface area contributed by atoms with Gasteiger partial charge in [-0.3, -0.25) is 4.79 Å². The fraction of sp³-hybridized carbons (Fsp3) is 0.444. The van der Waals surface area contributed by atoms with Crippen molar-refractivity contribution >= 4 is 23.3 Å². The van der Waals surface area contributed by atoms with Gasteiger partial charge in [0.05, 0.1) is 6.61 Å². The Balaban J connectivity index is 1.93. The highest BCUT2D eigenvalue weighted by molar-refractivity contribution is 6.30. The van der Waals surface area contributed by atoms with E-state index in [2.05, 4.69) is 15.8 Å². The number of carbonyl (C=O) groups is 1. The van der Waals surface area contributed by atoms with E-state index in [1.807, 2.05) is 17.0 Å². The topological polar surface area (TPSA) is 79.6 Å². The number of anilines is 1. The van der Waals surface area contributed by atoms with Crippen molar-refractivity contribution in [2.75, 3.05) is 51.8 Å². The van der Waals surface area contributed by atoms with Crippen LogP contribution in [0.3, 0.4) is 0 Å². The van der Waals surface area contributed by atoms with Crippen LogP contribution in [0.5, 0.6) is 0 Å². The Morgan fingerprint density at radius 2 is 2.15 bits per heavy atom. The lowest BCUT2D eigenvalue weighted by molar-refractivity contribution is 0.0767. The zero-order chi connectivity index (χ0) is 18.4. The largest absolute Gasteiger partial charge is 0.383 e. The zero-order valence-corrected chi connectivity index (χ0v) is 15.5. The molecule has 1 aliphatic rings. The molecule has 0 unspecified atom stereocenters. The number of nitrogens with zero attached hydrogens (tertiary/aromatic N) is 2. The van der Waals surface area contributed by atoms with E-state index in [4.69, 9.17) is 20.9 Å². The van der Waals surface area contributed by atoms with Crippen LogP contribution in [-0.4, -0.2) is 62.4 Å². The number of ether oxygens (including phenoxy) is 1. The summed E-state index contributed by atoms with van der Waals surface area (Å²) in [5, 5.41) is 11.2. The van der Waals surface area contributed by atoms with Crippen molar-refractivity contribution in [3.63, 3.8) is 0 Å². The molecule has 0 saturated carbocycles. The summed E-state index contributed by atoms with van der Waals surface area (Å²) < 4.78 is 10.6. The van der Waals surface area contributed by atoms with Crippen LogP contribution in [0.15, 0.2) is 28.8 Å². The summed E-state index contributed by atoms with van der Waals surface area (Å²) in [7, 11) is 1.62. The van der Waals surface area contributed by atoms with E-state index in [0.29, 0.717) is 48.4 Å². The molecule has 0 radical (unpaired) electrons. The monoisotopic (exact) mass is 378 g/mol. The second-order valence-corrected chi connectivity index (χ2v) is 6.49. The van der Waals surface area contributed by atoms with E-state index in [1.165, 1.54) is 0 Å². The maximum absolute atomic E-state index is 13.2. The fourth-order valence-corrected chi connectivity index (χ4v) is 3.01. The molecule has 1 aliphatic heterocycles. The summed E-state index contributed by atoms with van der Waals surface area (Å²) in [6.07, 6.45) is 0.916. The Morgan fingerprint density at radius 3 is 2.92 bits per heavy atom. The van der Waals surface area contributed by atoms with Gasteiger partial charge in [-0.15, -0.1) is 0 Å². The molecule has 2 aromatic rings. The predicted octanol–water partition coefficient (Wildman–Crippen LogP) is 2.49. The van der Waals surface area contributed by atoms with Gasteiger partial charge < -0.3 is 24.8 Å². The van der Waals surface area contributed by atoms with Gasteiger partial charge in [0.1, 0.15) is 5.56 Å². The van der Waals surface area contributed by atoms with Gasteiger partial charge in [-0.05, 0) is 37.2 Å². The van der Waals surface area contributed by atoms with Crippen molar-refractivity contribution in [2.24, 2.45) is 0 Å². The van der Waals surface area contributed by atoms with E-state index >= 15 is 0 Å². The summed E-state index contributed by atoms with van der Waals surface area (Å²) in [6, 6.07) is 7.17. The second-order valence-electron chi connectivity index (χ2n) is 6.06. The summed E-state index contributed by atoms with van der Waals surface area (Å²) in [5.41, 5.74) is 1.21. The molecular weight excluding hydrogens is 356 g/mol. The average molecular weight is 379 g/mol. The Morgan fingerprint density at radius 1 is 1.35 bits per heavy atom. The summed E-state index contributed by atoms with van der Waals surface area (Å²) in [5.74, 6) is 0.804. The van der Waals surface area contributed by atoms with Crippen LogP contribution in [0, 0.1) is 0 Å². The summed E-state index contributed by atoms with van der Waals surface area (Å²) >= 11 is 5.98. The number of nitrogens with one attached hydrogen (secondary N) is 2. The Kier molecular flexibility index (Phi) is 6.49. The van der Waals surface area contributed by atoms with Crippen molar-refractivity contribution in [3.8, 4) is 11.3 Å². The van der Waals surface area contributed by atoms with Crippen molar-refractivity contribution < 1.29 is 14.1 Å². The average Bonchev–Trinajstić information content (AvgIpc) is 2.88. The Hall–Kier alpha value is -2.09. The quantitative estimate of drug-likeness (QED) is 0.752. The molecular formula is C18H23ClN4O3. The molecule has 1 amide bonds. The van der Waals surface area contributed by atoms with E-state index in [0.717, 1.165) is 25.1 Å². The van der Waals surface area contributed by atoms with E-state index in [9.17, 15) is 4.79 Å². The first kappa shape index (κ1) is 18.7. The first-order chi connectivity index (χ1) is 12.7. The highest BCUT2D eigenvalue weighted by Crippen LogP contribution is 2.31. The highest BCUT2D eigenvalue weighted by Gasteiger charge is 2.28. The zero-order valence-electron chi connectivity index (χ0n) is 14.8. The van der Waals surface area contributed by atoms with Gasteiger partial charge in [0.25, 0.3) is 5.91 Å². The maximum atomic E-state index is 13.2. The van der Waals surface area contributed by atoms with Crippen molar-refractivity contribution in [1.29, 1.82) is 0 Å². The first-order valence-electron chi connectivity index (χ1n) is 8.69. The molecule has 0 spiro atoms. The molecule has 2 heterocycles. The molecule has 8 heteroatoms. The second kappa shape index (κ2) is 9.02. The molecule has 0 bridgehead atoms. The number of aromatic nitrogens is 1. The van der Waals surface area contributed by atoms with Crippen LogP contribution < -0.4 is 10.6 Å². The Labute approximate surface area is 157 Å². The van der Waals surface area contributed by atoms with E-state index in [1.54, 1.807) is 19.2 Å².